The molecule has 2 rings (SSSR count). The Morgan fingerprint density at radius 2 is 2.19 bits per heavy atom. The summed E-state index contributed by atoms with van der Waals surface area (Å²) in [6.45, 7) is 2.96. The molecule has 0 aliphatic heterocycles. The molecule has 2 aromatic rings. The number of rotatable bonds is 6. The van der Waals surface area contributed by atoms with E-state index < -0.39 is 0 Å². The predicted octanol–water partition coefficient (Wildman–Crippen LogP) is 2.03. The van der Waals surface area contributed by atoms with Crippen molar-refractivity contribution in [1.82, 2.24) is 10.3 Å². The maximum absolute atomic E-state index is 12.0. The largest absolute Gasteiger partial charge is 0.492 e. The Hall–Kier alpha value is -2.56. The highest BCUT2D eigenvalue weighted by molar-refractivity contribution is 5.95. The van der Waals surface area contributed by atoms with Crippen LogP contribution in [0.25, 0.3) is 0 Å². The molecule has 3 N–H and O–H groups in total. The molecule has 0 saturated heterocycles. The number of aromatic nitrogens is 1. The number of anilines is 1. The molecule has 0 fully saturated rings. The van der Waals surface area contributed by atoms with Crippen molar-refractivity contribution in [3.63, 3.8) is 0 Å². The van der Waals surface area contributed by atoms with Crippen LogP contribution in [0.4, 0.5) is 5.69 Å². The van der Waals surface area contributed by atoms with E-state index >= 15 is 0 Å². The van der Waals surface area contributed by atoms with Crippen LogP contribution in [0.15, 0.2) is 42.6 Å². The third-order valence-electron chi connectivity index (χ3n) is 2.96. The van der Waals surface area contributed by atoms with Crippen LogP contribution in [-0.2, 0) is 6.42 Å². The Kier molecular flexibility index (Phi) is 5.15. The van der Waals surface area contributed by atoms with Gasteiger partial charge in [-0.15, -0.1) is 0 Å². The first-order chi connectivity index (χ1) is 10.2. The summed E-state index contributed by atoms with van der Waals surface area (Å²) in [5.41, 5.74) is 7.79. The smallest absolute Gasteiger partial charge is 0.251 e. The number of carbonyl (C=O) groups excluding carboxylic acids is 1. The van der Waals surface area contributed by atoms with Crippen molar-refractivity contribution in [1.29, 1.82) is 0 Å². The van der Waals surface area contributed by atoms with E-state index in [0.717, 1.165) is 5.69 Å². The zero-order valence-electron chi connectivity index (χ0n) is 12.0. The van der Waals surface area contributed by atoms with Crippen LogP contribution in [0.5, 0.6) is 5.75 Å². The summed E-state index contributed by atoms with van der Waals surface area (Å²) in [4.78, 5) is 16.2. The lowest BCUT2D eigenvalue weighted by Crippen LogP contribution is -2.26. The van der Waals surface area contributed by atoms with E-state index in [0.29, 0.717) is 36.6 Å². The van der Waals surface area contributed by atoms with Gasteiger partial charge in [-0.05, 0) is 37.3 Å². The molecular formula is C16H19N3O2. The number of nitrogens with one attached hydrogen (secondary N) is 1. The van der Waals surface area contributed by atoms with E-state index in [1.807, 2.05) is 25.1 Å². The summed E-state index contributed by atoms with van der Waals surface area (Å²) < 4.78 is 5.35. The quantitative estimate of drug-likeness (QED) is 0.796. The first-order valence-corrected chi connectivity index (χ1v) is 6.91. The summed E-state index contributed by atoms with van der Waals surface area (Å²) in [5, 5.41) is 2.85. The number of benzene rings is 1. The molecule has 0 spiro atoms. The third-order valence-corrected chi connectivity index (χ3v) is 2.96. The van der Waals surface area contributed by atoms with Crippen molar-refractivity contribution in [3.8, 4) is 5.75 Å². The molecule has 1 aromatic carbocycles. The number of hydrogen-bond acceptors (Lipinski definition) is 4. The maximum Gasteiger partial charge on any atom is 0.251 e. The van der Waals surface area contributed by atoms with Gasteiger partial charge in [-0.25, -0.2) is 0 Å². The van der Waals surface area contributed by atoms with Gasteiger partial charge in [-0.1, -0.05) is 6.07 Å². The molecule has 110 valence electrons. The number of hydrogen-bond donors (Lipinski definition) is 2. The number of amides is 1. The van der Waals surface area contributed by atoms with Gasteiger partial charge < -0.3 is 15.8 Å². The minimum absolute atomic E-state index is 0.152. The molecule has 21 heavy (non-hydrogen) atoms. The molecule has 1 amide bonds. The molecule has 0 atom stereocenters. The van der Waals surface area contributed by atoms with Gasteiger partial charge in [0.05, 0.1) is 12.3 Å². The lowest BCUT2D eigenvalue weighted by molar-refractivity contribution is 0.0954. The predicted molar refractivity (Wildman–Crippen MR) is 82.3 cm³/mol. The molecular weight excluding hydrogens is 266 g/mol. The van der Waals surface area contributed by atoms with Gasteiger partial charge in [0.1, 0.15) is 5.75 Å². The van der Waals surface area contributed by atoms with Gasteiger partial charge in [-0.2, -0.15) is 0 Å². The lowest BCUT2D eigenvalue weighted by Gasteiger charge is -2.09. The van der Waals surface area contributed by atoms with E-state index in [1.54, 1.807) is 24.4 Å². The first kappa shape index (κ1) is 14.8. The van der Waals surface area contributed by atoms with Crippen molar-refractivity contribution >= 4 is 11.6 Å². The lowest BCUT2D eigenvalue weighted by atomic mass is 10.1. The van der Waals surface area contributed by atoms with E-state index in [1.165, 1.54) is 0 Å². The molecule has 5 nitrogen and oxygen atoms in total. The Balaban J connectivity index is 1.90. The van der Waals surface area contributed by atoms with Crippen molar-refractivity contribution in [2.75, 3.05) is 18.9 Å². The van der Waals surface area contributed by atoms with Crippen LogP contribution in [0.1, 0.15) is 23.0 Å². The zero-order chi connectivity index (χ0) is 15.1. The van der Waals surface area contributed by atoms with Gasteiger partial charge in [0, 0.05) is 30.4 Å². The van der Waals surface area contributed by atoms with E-state index in [2.05, 4.69) is 10.3 Å². The van der Waals surface area contributed by atoms with Crippen LogP contribution in [0, 0.1) is 0 Å². The molecule has 5 heteroatoms. The Morgan fingerprint density at radius 1 is 1.33 bits per heavy atom. The minimum Gasteiger partial charge on any atom is -0.492 e. The number of carbonyl (C=O) groups is 1. The Labute approximate surface area is 124 Å². The second kappa shape index (κ2) is 7.28. The fraction of sp³-hybridized carbons (Fsp3) is 0.250. The molecule has 0 bridgehead atoms. The van der Waals surface area contributed by atoms with Crippen molar-refractivity contribution in [2.45, 2.75) is 13.3 Å². The molecule has 0 saturated carbocycles. The topological polar surface area (TPSA) is 77.2 Å². The zero-order valence-corrected chi connectivity index (χ0v) is 12.0. The summed E-state index contributed by atoms with van der Waals surface area (Å²) in [6.07, 6.45) is 2.43. The monoisotopic (exact) mass is 285 g/mol. The highest BCUT2D eigenvalue weighted by atomic mass is 16.5. The van der Waals surface area contributed by atoms with Gasteiger partial charge >= 0.3 is 0 Å². The van der Waals surface area contributed by atoms with Crippen LogP contribution in [-0.4, -0.2) is 24.0 Å². The molecule has 1 heterocycles. The highest BCUT2D eigenvalue weighted by Crippen LogP contribution is 2.22. The Morgan fingerprint density at radius 3 is 2.86 bits per heavy atom. The summed E-state index contributed by atoms with van der Waals surface area (Å²) in [6, 6.07) is 10.8. The average molecular weight is 285 g/mol. The van der Waals surface area contributed by atoms with E-state index in [-0.39, 0.29) is 5.91 Å². The average Bonchev–Trinajstić information content (AvgIpc) is 2.50. The normalized spacial score (nSPS) is 10.1. The van der Waals surface area contributed by atoms with Crippen LogP contribution < -0.4 is 15.8 Å². The van der Waals surface area contributed by atoms with E-state index in [4.69, 9.17) is 10.5 Å². The van der Waals surface area contributed by atoms with Crippen molar-refractivity contribution < 1.29 is 9.53 Å². The van der Waals surface area contributed by atoms with Crippen molar-refractivity contribution in [2.24, 2.45) is 0 Å². The number of pyridine rings is 1. The second-order valence-electron chi connectivity index (χ2n) is 4.51. The van der Waals surface area contributed by atoms with Gasteiger partial charge in [-0.3, -0.25) is 9.78 Å². The first-order valence-electron chi connectivity index (χ1n) is 6.91. The molecule has 0 unspecified atom stereocenters. The molecule has 1 aromatic heterocycles. The minimum atomic E-state index is -0.152. The van der Waals surface area contributed by atoms with Crippen LogP contribution in [0.2, 0.25) is 0 Å². The van der Waals surface area contributed by atoms with Crippen LogP contribution >= 0.6 is 0 Å². The molecule has 0 radical (unpaired) electrons. The summed E-state index contributed by atoms with van der Waals surface area (Å²) in [7, 11) is 0. The van der Waals surface area contributed by atoms with Crippen molar-refractivity contribution in [3.05, 3.63) is 53.9 Å². The Bertz CT molecular complexity index is 600. The summed E-state index contributed by atoms with van der Waals surface area (Å²) >= 11 is 0. The van der Waals surface area contributed by atoms with Gasteiger partial charge in [0.15, 0.2) is 0 Å². The standard InChI is InChI=1S/C16H19N3O2/c1-2-21-15-7-6-12(11-14(15)17)16(20)19-10-8-13-5-3-4-9-18-13/h3-7,9,11H,2,8,10,17H2,1H3,(H,19,20). The van der Waals surface area contributed by atoms with E-state index in [9.17, 15) is 4.79 Å². The SMILES string of the molecule is CCOc1ccc(C(=O)NCCc2ccccn2)cc1N. The number of nitrogens with two attached hydrogens (primary N) is 1. The van der Waals surface area contributed by atoms with Gasteiger partial charge in [0.2, 0.25) is 0 Å². The highest BCUT2D eigenvalue weighted by Gasteiger charge is 2.08. The molecule has 0 aliphatic rings. The maximum atomic E-state index is 12.0. The van der Waals surface area contributed by atoms with Gasteiger partial charge in [0.25, 0.3) is 5.91 Å². The molecule has 0 aliphatic carbocycles. The summed E-state index contributed by atoms with van der Waals surface area (Å²) in [5.74, 6) is 0.447. The fourth-order valence-corrected chi connectivity index (χ4v) is 1.93. The number of ether oxygens (including phenoxy) is 1. The number of nitrogen functional groups attached to an aromatic ring is 1. The fourth-order valence-electron chi connectivity index (χ4n) is 1.93. The second-order valence-corrected chi connectivity index (χ2v) is 4.51. The van der Waals surface area contributed by atoms with Crippen LogP contribution in [0.3, 0.4) is 0 Å². The number of nitrogens with zero attached hydrogens (tertiary/aromatic N) is 1. The third kappa shape index (κ3) is 4.21.